The van der Waals surface area contributed by atoms with Gasteiger partial charge in [-0.05, 0) is 26.5 Å². The van der Waals surface area contributed by atoms with Crippen molar-refractivity contribution in [2.24, 2.45) is 0 Å². The fourth-order valence-corrected chi connectivity index (χ4v) is 3.08. The first-order valence-electron chi connectivity index (χ1n) is 6.91. The standard InChI is InChI=1S/C15H22N4S/c1-5-16-11(2)13-7-6-8-17-15(13)19(4)9-14-12(3)18-10-20-14/h6-8,10-11,16H,5,9H2,1-4H3. The lowest BCUT2D eigenvalue weighted by molar-refractivity contribution is 0.594. The smallest absolute Gasteiger partial charge is 0.133 e. The molecule has 5 heteroatoms. The Morgan fingerprint density at radius 2 is 2.20 bits per heavy atom. The summed E-state index contributed by atoms with van der Waals surface area (Å²) in [5.74, 6) is 1.04. The largest absolute Gasteiger partial charge is 0.354 e. The topological polar surface area (TPSA) is 41.1 Å². The van der Waals surface area contributed by atoms with Crippen LogP contribution < -0.4 is 10.2 Å². The lowest BCUT2D eigenvalue weighted by Crippen LogP contribution is -2.24. The number of rotatable bonds is 6. The van der Waals surface area contributed by atoms with Gasteiger partial charge >= 0.3 is 0 Å². The summed E-state index contributed by atoms with van der Waals surface area (Å²) in [7, 11) is 2.09. The van der Waals surface area contributed by atoms with Crippen LogP contribution in [0, 0.1) is 6.92 Å². The van der Waals surface area contributed by atoms with Crippen LogP contribution in [-0.2, 0) is 6.54 Å². The molecule has 2 aromatic rings. The molecule has 0 spiro atoms. The number of hydrogen-bond acceptors (Lipinski definition) is 5. The van der Waals surface area contributed by atoms with Gasteiger partial charge in [0, 0.05) is 29.7 Å². The maximum Gasteiger partial charge on any atom is 0.133 e. The molecule has 0 aliphatic rings. The highest BCUT2D eigenvalue weighted by Crippen LogP contribution is 2.25. The molecule has 20 heavy (non-hydrogen) atoms. The van der Waals surface area contributed by atoms with Gasteiger partial charge in [-0.3, -0.25) is 0 Å². The Kier molecular flexibility index (Phi) is 5.09. The van der Waals surface area contributed by atoms with Crippen LogP contribution in [0.4, 0.5) is 5.82 Å². The molecule has 108 valence electrons. The third-order valence-electron chi connectivity index (χ3n) is 3.38. The lowest BCUT2D eigenvalue weighted by atomic mass is 10.1. The summed E-state index contributed by atoms with van der Waals surface area (Å²) in [4.78, 5) is 12.4. The van der Waals surface area contributed by atoms with E-state index < -0.39 is 0 Å². The van der Waals surface area contributed by atoms with Crippen molar-refractivity contribution in [3.63, 3.8) is 0 Å². The Bertz CT molecular complexity index is 552. The lowest BCUT2D eigenvalue weighted by Gasteiger charge is -2.23. The maximum atomic E-state index is 4.56. The van der Waals surface area contributed by atoms with E-state index >= 15 is 0 Å². The molecule has 0 aliphatic heterocycles. The molecule has 1 atom stereocenters. The number of nitrogens with one attached hydrogen (secondary N) is 1. The summed E-state index contributed by atoms with van der Waals surface area (Å²) < 4.78 is 0. The second-order valence-corrected chi connectivity index (χ2v) is 5.85. The number of nitrogens with zero attached hydrogens (tertiary/aromatic N) is 3. The molecule has 2 rings (SSSR count). The van der Waals surface area contributed by atoms with Crippen molar-refractivity contribution in [2.75, 3.05) is 18.5 Å². The Hall–Kier alpha value is -1.46. The zero-order valence-electron chi connectivity index (χ0n) is 12.6. The van der Waals surface area contributed by atoms with Crippen molar-refractivity contribution in [1.82, 2.24) is 15.3 Å². The highest BCUT2D eigenvalue weighted by molar-refractivity contribution is 7.09. The van der Waals surface area contributed by atoms with Crippen molar-refractivity contribution in [3.8, 4) is 0 Å². The van der Waals surface area contributed by atoms with Gasteiger partial charge in [0.25, 0.3) is 0 Å². The van der Waals surface area contributed by atoms with Crippen molar-refractivity contribution < 1.29 is 0 Å². The van der Waals surface area contributed by atoms with Crippen molar-refractivity contribution in [3.05, 3.63) is 40.0 Å². The van der Waals surface area contributed by atoms with Gasteiger partial charge in [0.1, 0.15) is 5.82 Å². The molecule has 0 bridgehead atoms. The zero-order chi connectivity index (χ0) is 14.5. The first kappa shape index (κ1) is 14.9. The van der Waals surface area contributed by atoms with Gasteiger partial charge in [-0.2, -0.15) is 0 Å². The molecule has 1 unspecified atom stereocenters. The number of anilines is 1. The molecule has 0 radical (unpaired) electrons. The first-order valence-corrected chi connectivity index (χ1v) is 7.79. The van der Waals surface area contributed by atoms with E-state index in [1.807, 2.05) is 17.8 Å². The molecule has 0 saturated heterocycles. The van der Waals surface area contributed by atoms with E-state index in [1.54, 1.807) is 11.3 Å². The van der Waals surface area contributed by atoms with Crippen LogP contribution in [0.3, 0.4) is 0 Å². The minimum atomic E-state index is 0.300. The van der Waals surface area contributed by atoms with Gasteiger partial charge in [0.05, 0.1) is 17.7 Å². The van der Waals surface area contributed by atoms with Crippen molar-refractivity contribution in [1.29, 1.82) is 0 Å². The van der Waals surface area contributed by atoms with E-state index in [1.165, 1.54) is 10.4 Å². The summed E-state index contributed by atoms with van der Waals surface area (Å²) in [6.07, 6.45) is 1.85. The zero-order valence-corrected chi connectivity index (χ0v) is 13.4. The molecule has 0 aromatic carbocycles. The van der Waals surface area contributed by atoms with Gasteiger partial charge in [-0.25, -0.2) is 9.97 Å². The molecule has 2 aromatic heterocycles. The maximum absolute atomic E-state index is 4.56. The minimum Gasteiger partial charge on any atom is -0.354 e. The summed E-state index contributed by atoms with van der Waals surface area (Å²) >= 11 is 1.70. The molecule has 0 saturated carbocycles. The van der Waals surface area contributed by atoms with E-state index in [-0.39, 0.29) is 0 Å². The van der Waals surface area contributed by atoms with E-state index in [9.17, 15) is 0 Å². The van der Waals surface area contributed by atoms with Gasteiger partial charge in [-0.1, -0.05) is 13.0 Å². The Morgan fingerprint density at radius 3 is 2.85 bits per heavy atom. The van der Waals surface area contributed by atoms with Crippen molar-refractivity contribution in [2.45, 2.75) is 33.4 Å². The number of aromatic nitrogens is 2. The van der Waals surface area contributed by atoms with Crippen LogP contribution in [0.25, 0.3) is 0 Å². The van der Waals surface area contributed by atoms with Crippen LogP contribution in [-0.4, -0.2) is 23.6 Å². The van der Waals surface area contributed by atoms with Crippen LogP contribution >= 0.6 is 11.3 Å². The van der Waals surface area contributed by atoms with Crippen LogP contribution in [0.2, 0.25) is 0 Å². The molecular formula is C15H22N4S. The van der Waals surface area contributed by atoms with Crippen LogP contribution in [0.5, 0.6) is 0 Å². The molecule has 0 fully saturated rings. The predicted octanol–water partition coefficient (Wildman–Crippen LogP) is 3.15. The predicted molar refractivity (Wildman–Crippen MR) is 85.3 cm³/mol. The summed E-state index contributed by atoms with van der Waals surface area (Å²) in [6, 6.07) is 4.44. The normalized spacial score (nSPS) is 12.4. The van der Waals surface area contributed by atoms with Crippen LogP contribution in [0.15, 0.2) is 23.8 Å². The Labute approximate surface area is 124 Å². The number of thiazole rings is 1. The molecule has 0 aliphatic carbocycles. The number of pyridine rings is 1. The van der Waals surface area contributed by atoms with Gasteiger partial charge in [0.2, 0.25) is 0 Å². The molecule has 4 nitrogen and oxygen atoms in total. The average molecular weight is 290 g/mol. The van der Waals surface area contributed by atoms with E-state index in [0.717, 1.165) is 24.6 Å². The Balaban J connectivity index is 2.21. The summed E-state index contributed by atoms with van der Waals surface area (Å²) in [6.45, 7) is 8.15. The monoisotopic (exact) mass is 290 g/mol. The van der Waals surface area contributed by atoms with E-state index in [2.05, 4.69) is 54.1 Å². The van der Waals surface area contributed by atoms with Crippen LogP contribution in [0.1, 0.15) is 36.0 Å². The molecule has 0 amide bonds. The third kappa shape index (κ3) is 3.35. The summed E-state index contributed by atoms with van der Waals surface area (Å²) in [5.41, 5.74) is 4.25. The molecular weight excluding hydrogens is 268 g/mol. The second kappa shape index (κ2) is 6.81. The van der Waals surface area contributed by atoms with Gasteiger partial charge < -0.3 is 10.2 Å². The van der Waals surface area contributed by atoms with E-state index in [0.29, 0.717) is 6.04 Å². The highest BCUT2D eigenvalue weighted by atomic mass is 32.1. The number of hydrogen-bond donors (Lipinski definition) is 1. The van der Waals surface area contributed by atoms with Crippen molar-refractivity contribution >= 4 is 17.2 Å². The molecule has 2 heterocycles. The number of aryl methyl sites for hydroxylation is 1. The average Bonchev–Trinajstić information content (AvgIpc) is 2.84. The minimum absolute atomic E-state index is 0.300. The summed E-state index contributed by atoms with van der Waals surface area (Å²) in [5, 5.41) is 3.45. The van der Waals surface area contributed by atoms with Gasteiger partial charge in [0.15, 0.2) is 0 Å². The first-order chi connectivity index (χ1) is 9.63. The third-order valence-corrected chi connectivity index (χ3v) is 4.30. The SMILES string of the molecule is CCNC(C)c1cccnc1N(C)Cc1scnc1C. The molecule has 1 N–H and O–H groups in total. The fourth-order valence-electron chi connectivity index (χ4n) is 2.25. The quantitative estimate of drug-likeness (QED) is 0.887. The van der Waals surface area contributed by atoms with E-state index in [4.69, 9.17) is 0 Å². The highest BCUT2D eigenvalue weighted by Gasteiger charge is 2.15. The second-order valence-electron chi connectivity index (χ2n) is 4.91. The Morgan fingerprint density at radius 1 is 1.40 bits per heavy atom. The van der Waals surface area contributed by atoms with Gasteiger partial charge in [-0.15, -0.1) is 11.3 Å². The fraction of sp³-hybridized carbons (Fsp3) is 0.467.